The van der Waals surface area contributed by atoms with Crippen LogP contribution in [0.15, 0.2) is 17.0 Å². The normalized spacial score (nSPS) is 13.9. The number of allylic oxidation sites excluding steroid dienone is 1. The second-order valence-electron chi connectivity index (χ2n) is 3.95. The third-order valence-corrected chi connectivity index (χ3v) is 5.01. The predicted molar refractivity (Wildman–Crippen MR) is 81.5 cm³/mol. The SMILES string of the molecule is CCSC1=C(SCC)c2c(ccc(O)c2OC)C1. The van der Waals surface area contributed by atoms with Crippen molar-refractivity contribution in [1.29, 1.82) is 0 Å². The van der Waals surface area contributed by atoms with Crippen LogP contribution in [0.1, 0.15) is 25.0 Å². The largest absolute Gasteiger partial charge is 0.504 e. The second kappa shape index (κ2) is 5.93. The Bertz CT molecular complexity index is 481. The summed E-state index contributed by atoms with van der Waals surface area (Å²) in [5.74, 6) is 2.95. The summed E-state index contributed by atoms with van der Waals surface area (Å²) in [6.45, 7) is 4.32. The van der Waals surface area contributed by atoms with Gasteiger partial charge >= 0.3 is 0 Å². The van der Waals surface area contributed by atoms with Gasteiger partial charge in [0.15, 0.2) is 11.5 Å². The number of fused-ring (bicyclic) bond motifs is 1. The molecule has 2 rings (SSSR count). The Balaban J connectivity index is 2.52. The lowest BCUT2D eigenvalue weighted by Crippen LogP contribution is -1.92. The van der Waals surface area contributed by atoms with Crippen LogP contribution in [-0.2, 0) is 6.42 Å². The fourth-order valence-electron chi connectivity index (χ4n) is 2.20. The summed E-state index contributed by atoms with van der Waals surface area (Å²) in [6, 6.07) is 3.73. The molecule has 4 heteroatoms. The summed E-state index contributed by atoms with van der Waals surface area (Å²) in [7, 11) is 1.62. The van der Waals surface area contributed by atoms with E-state index in [0.717, 1.165) is 23.5 Å². The first-order valence-corrected chi connectivity index (χ1v) is 8.07. The van der Waals surface area contributed by atoms with Crippen molar-refractivity contribution in [2.45, 2.75) is 20.3 Å². The van der Waals surface area contributed by atoms with Crippen molar-refractivity contribution >= 4 is 28.4 Å². The van der Waals surface area contributed by atoms with E-state index in [1.54, 1.807) is 13.2 Å². The van der Waals surface area contributed by atoms with E-state index in [-0.39, 0.29) is 5.75 Å². The fourth-order valence-corrected chi connectivity index (χ4v) is 4.28. The van der Waals surface area contributed by atoms with Gasteiger partial charge in [-0.05, 0) is 23.1 Å². The molecule has 0 unspecified atom stereocenters. The van der Waals surface area contributed by atoms with Gasteiger partial charge in [-0.15, -0.1) is 23.5 Å². The van der Waals surface area contributed by atoms with E-state index in [4.69, 9.17) is 4.74 Å². The van der Waals surface area contributed by atoms with Gasteiger partial charge in [-0.1, -0.05) is 19.9 Å². The van der Waals surface area contributed by atoms with Gasteiger partial charge in [0.2, 0.25) is 0 Å². The van der Waals surface area contributed by atoms with Crippen LogP contribution in [0.2, 0.25) is 0 Å². The van der Waals surface area contributed by atoms with E-state index in [1.807, 2.05) is 29.6 Å². The van der Waals surface area contributed by atoms with E-state index < -0.39 is 0 Å². The number of rotatable bonds is 5. The number of benzene rings is 1. The Morgan fingerprint density at radius 3 is 2.56 bits per heavy atom. The van der Waals surface area contributed by atoms with Crippen molar-refractivity contribution in [2.75, 3.05) is 18.6 Å². The smallest absolute Gasteiger partial charge is 0.169 e. The van der Waals surface area contributed by atoms with Gasteiger partial charge in [0.05, 0.1) is 7.11 Å². The first-order valence-electron chi connectivity index (χ1n) is 6.10. The number of methoxy groups -OCH3 is 1. The molecule has 1 aliphatic carbocycles. The minimum Gasteiger partial charge on any atom is -0.504 e. The summed E-state index contributed by atoms with van der Waals surface area (Å²) in [5.41, 5.74) is 2.36. The molecule has 0 fully saturated rings. The van der Waals surface area contributed by atoms with Gasteiger partial charge in [0.1, 0.15) is 0 Å². The van der Waals surface area contributed by atoms with E-state index in [2.05, 4.69) is 13.8 Å². The number of ether oxygens (including phenoxy) is 1. The Kier molecular flexibility index (Phi) is 4.51. The number of hydrogen-bond acceptors (Lipinski definition) is 4. The zero-order chi connectivity index (χ0) is 13.1. The lowest BCUT2D eigenvalue weighted by atomic mass is 10.1. The molecule has 0 heterocycles. The summed E-state index contributed by atoms with van der Waals surface area (Å²) in [6.07, 6.45) is 0.965. The first-order chi connectivity index (χ1) is 8.72. The zero-order valence-electron chi connectivity index (χ0n) is 10.9. The third kappa shape index (κ3) is 2.36. The van der Waals surface area contributed by atoms with Crippen LogP contribution in [0.3, 0.4) is 0 Å². The predicted octanol–water partition coefficient (Wildman–Crippen LogP) is 4.13. The van der Waals surface area contributed by atoms with E-state index in [0.29, 0.717) is 5.75 Å². The standard InChI is InChI=1S/C14H18O2S2/c1-4-17-11-8-9-6-7-10(15)13(16-3)12(9)14(11)18-5-2/h6-7,15H,4-5,8H2,1-3H3. The third-order valence-electron chi connectivity index (χ3n) is 2.87. The van der Waals surface area contributed by atoms with E-state index >= 15 is 0 Å². The molecule has 18 heavy (non-hydrogen) atoms. The van der Waals surface area contributed by atoms with Crippen LogP contribution < -0.4 is 4.74 Å². The summed E-state index contributed by atoms with van der Waals surface area (Å²) in [5, 5.41) is 9.91. The Morgan fingerprint density at radius 2 is 1.94 bits per heavy atom. The molecular weight excluding hydrogens is 264 g/mol. The maximum atomic E-state index is 9.91. The average molecular weight is 282 g/mol. The van der Waals surface area contributed by atoms with Crippen molar-refractivity contribution in [2.24, 2.45) is 0 Å². The molecule has 0 spiro atoms. The van der Waals surface area contributed by atoms with Crippen LogP contribution in [-0.4, -0.2) is 23.7 Å². The minimum absolute atomic E-state index is 0.230. The molecule has 0 radical (unpaired) electrons. The Morgan fingerprint density at radius 1 is 1.22 bits per heavy atom. The molecule has 0 amide bonds. The Hall–Kier alpha value is -0.740. The molecule has 98 valence electrons. The van der Waals surface area contributed by atoms with Crippen LogP contribution >= 0.6 is 23.5 Å². The Labute approximate surface area is 117 Å². The van der Waals surface area contributed by atoms with E-state index in [1.165, 1.54) is 15.4 Å². The van der Waals surface area contributed by atoms with Gasteiger partial charge in [0, 0.05) is 21.8 Å². The van der Waals surface area contributed by atoms with Gasteiger partial charge in [-0.3, -0.25) is 0 Å². The quantitative estimate of drug-likeness (QED) is 0.879. The maximum Gasteiger partial charge on any atom is 0.169 e. The summed E-state index contributed by atoms with van der Waals surface area (Å²) >= 11 is 3.73. The lowest BCUT2D eigenvalue weighted by Gasteiger charge is -2.12. The number of hydrogen-bond donors (Lipinski definition) is 1. The van der Waals surface area contributed by atoms with Crippen molar-refractivity contribution in [3.63, 3.8) is 0 Å². The number of thioether (sulfide) groups is 2. The van der Waals surface area contributed by atoms with Gasteiger partial charge in [0.25, 0.3) is 0 Å². The van der Waals surface area contributed by atoms with Gasteiger partial charge < -0.3 is 9.84 Å². The number of phenols is 1. The highest BCUT2D eigenvalue weighted by Gasteiger charge is 2.26. The number of aromatic hydroxyl groups is 1. The molecule has 0 atom stereocenters. The van der Waals surface area contributed by atoms with Crippen molar-refractivity contribution in [3.05, 3.63) is 28.2 Å². The molecule has 1 aromatic carbocycles. The van der Waals surface area contributed by atoms with E-state index in [9.17, 15) is 5.11 Å². The highest BCUT2D eigenvalue weighted by atomic mass is 32.2. The van der Waals surface area contributed by atoms with Crippen LogP contribution in [0.5, 0.6) is 11.5 Å². The molecule has 0 aliphatic heterocycles. The highest BCUT2D eigenvalue weighted by Crippen LogP contribution is 2.50. The van der Waals surface area contributed by atoms with Crippen LogP contribution in [0.4, 0.5) is 0 Å². The number of phenolic OH excluding ortho intramolecular Hbond substituents is 1. The summed E-state index contributed by atoms with van der Waals surface area (Å²) in [4.78, 5) is 2.69. The molecule has 1 N–H and O–H groups in total. The molecule has 0 saturated heterocycles. The second-order valence-corrected chi connectivity index (χ2v) is 6.58. The molecule has 0 saturated carbocycles. The fraction of sp³-hybridized carbons (Fsp3) is 0.429. The molecule has 0 aromatic heterocycles. The van der Waals surface area contributed by atoms with Crippen molar-refractivity contribution in [1.82, 2.24) is 0 Å². The van der Waals surface area contributed by atoms with Gasteiger partial charge in [-0.25, -0.2) is 0 Å². The lowest BCUT2D eigenvalue weighted by molar-refractivity contribution is 0.372. The molecule has 0 bridgehead atoms. The monoisotopic (exact) mass is 282 g/mol. The van der Waals surface area contributed by atoms with Gasteiger partial charge in [-0.2, -0.15) is 0 Å². The minimum atomic E-state index is 0.230. The molecule has 1 aromatic rings. The maximum absolute atomic E-state index is 9.91. The summed E-state index contributed by atoms with van der Waals surface area (Å²) < 4.78 is 5.38. The molecule has 1 aliphatic rings. The molecular formula is C14H18O2S2. The van der Waals surface area contributed by atoms with Crippen LogP contribution in [0.25, 0.3) is 4.91 Å². The first kappa shape index (κ1) is 13.7. The van der Waals surface area contributed by atoms with Crippen molar-refractivity contribution in [3.8, 4) is 11.5 Å². The highest BCUT2D eigenvalue weighted by molar-refractivity contribution is 8.10. The zero-order valence-corrected chi connectivity index (χ0v) is 12.6. The average Bonchev–Trinajstić information content (AvgIpc) is 2.69. The van der Waals surface area contributed by atoms with Crippen LogP contribution in [0, 0.1) is 0 Å². The topological polar surface area (TPSA) is 29.5 Å². The molecule has 2 nitrogen and oxygen atoms in total. The van der Waals surface area contributed by atoms with Crippen molar-refractivity contribution < 1.29 is 9.84 Å².